The number of carbonyl (C=O) groups is 2. The summed E-state index contributed by atoms with van der Waals surface area (Å²) in [5.41, 5.74) is 0.981. The number of hydrogen-bond donors (Lipinski definition) is 4. The average Bonchev–Trinajstić information content (AvgIpc) is 2.95. The second-order valence-corrected chi connectivity index (χ2v) is 5.00. The van der Waals surface area contributed by atoms with Crippen LogP contribution in [0, 0.1) is 5.92 Å². The molecular weight excluding hydrogens is 272 g/mol. The summed E-state index contributed by atoms with van der Waals surface area (Å²) in [4.78, 5) is 29.0. The zero-order valence-corrected chi connectivity index (χ0v) is 12.4. The summed E-state index contributed by atoms with van der Waals surface area (Å²) in [5.74, 6) is -0.427. The third-order valence-corrected chi connectivity index (χ3v) is 3.42. The largest absolute Gasteiger partial charge is 0.481 e. The Morgan fingerprint density at radius 3 is 2.71 bits per heavy atom. The first-order valence-electron chi connectivity index (χ1n) is 7.32. The predicted octanol–water partition coefficient (Wildman–Crippen LogP) is 1.53. The van der Waals surface area contributed by atoms with Crippen LogP contribution in [0.15, 0.2) is 12.5 Å². The normalized spacial score (nSPS) is 11.9. The van der Waals surface area contributed by atoms with E-state index in [1.165, 1.54) is 0 Å². The standard InChI is InChI=1S/C14H24N4O3/c1-2-11(3-4-13(19)20)5-7-16-14(21)17-8-6-12-9-15-10-18-12/h9-11H,2-8H2,1H3,(H,15,18)(H,19,20)(H2,16,17,21). The van der Waals surface area contributed by atoms with Gasteiger partial charge in [0.1, 0.15) is 0 Å². The van der Waals surface area contributed by atoms with Crippen molar-refractivity contribution in [1.29, 1.82) is 0 Å². The van der Waals surface area contributed by atoms with Crippen molar-refractivity contribution in [3.63, 3.8) is 0 Å². The van der Waals surface area contributed by atoms with Gasteiger partial charge in [-0.05, 0) is 18.8 Å². The second-order valence-electron chi connectivity index (χ2n) is 5.00. The third-order valence-electron chi connectivity index (χ3n) is 3.42. The Hall–Kier alpha value is -2.05. The van der Waals surface area contributed by atoms with E-state index in [-0.39, 0.29) is 12.5 Å². The van der Waals surface area contributed by atoms with Gasteiger partial charge in [0.05, 0.1) is 6.33 Å². The number of nitrogens with zero attached hydrogens (tertiary/aromatic N) is 1. The zero-order valence-electron chi connectivity index (χ0n) is 12.4. The van der Waals surface area contributed by atoms with Gasteiger partial charge in [-0.1, -0.05) is 13.3 Å². The molecule has 0 fully saturated rings. The summed E-state index contributed by atoms with van der Waals surface area (Å²) in [6.45, 7) is 3.15. The molecule has 7 nitrogen and oxygen atoms in total. The van der Waals surface area contributed by atoms with Crippen LogP contribution in [0.1, 0.15) is 38.3 Å². The van der Waals surface area contributed by atoms with Crippen LogP contribution in [0.4, 0.5) is 4.79 Å². The molecule has 0 aliphatic rings. The van der Waals surface area contributed by atoms with Crippen LogP contribution in [-0.4, -0.2) is 40.2 Å². The van der Waals surface area contributed by atoms with Gasteiger partial charge in [-0.3, -0.25) is 4.79 Å². The molecule has 1 rings (SSSR count). The molecule has 1 heterocycles. The van der Waals surface area contributed by atoms with Crippen LogP contribution in [0.2, 0.25) is 0 Å². The van der Waals surface area contributed by atoms with Crippen molar-refractivity contribution in [3.8, 4) is 0 Å². The number of rotatable bonds is 10. The molecule has 0 aromatic carbocycles. The van der Waals surface area contributed by atoms with Gasteiger partial charge in [0.15, 0.2) is 0 Å². The number of imidazole rings is 1. The highest BCUT2D eigenvalue weighted by Crippen LogP contribution is 2.14. The molecule has 1 atom stereocenters. The number of carbonyl (C=O) groups excluding carboxylic acids is 1. The van der Waals surface area contributed by atoms with Crippen LogP contribution in [0.3, 0.4) is 0 Å². The number of H-pyrrole nitrogens is 1. The van der Waals surface area contributed by atoms with Gasteiger partial charge >= 0.3 is 12.0 Å². The summed E-state index contributed by atoms with van der Waals surface area (Å²) in [6.07, 6.45) is 6.63. The first-order chi connectivity index (χ1) is 10.1. The van der Waals surface area contributed by atoms with E-state index >= 15 is 0 Å². The fourth-order valence-corrected chi connectivity index (χ4v) is 2.06. The maximum absolute atomic E-state index is 11.6. The molecule has 21 heavy (non-hydrogen) atoms. The quantitative estimate of drug-likeness (QED) is 0.525. The van der Waals surface area contributed by atoms with Crippen LogP contribution in [-0.2, 0) is 11.2 Å². The second kappa shape index (κ2) is 9.79. The van der Waals surface area contributed by atoms with Gasteiger partial charge in [0.2, 0.25) is 0 Å². The van der Waals surface area contributed by atoms with Crippen molar-refractivity contribution in [3.05, 3.63) is 18.2 Å². The Bertz CT molecular complexity index is 420. The van der Waals surface area contributed by atoms with Gasteiger partial charge in [-0.2, -0.15) is 0 Å². The number of urea groups is 1. The highest BCUT2D eigenvalue weighted by Gasteiger charge is 2.09. The van der Waals surface area contributed by atoms with E-state index in [4.69, 9.17) is 5.11 Å². The lowest BCUT2D eigenvalue weighted by Gasteiger charge is -2.14. The van der Waals surface area contributed by atoms with Gasteiger partial charge in [0, 0.05) is 37.8 Å². The van der Waals surface area contributed by atoms with Crippen LogP contribution in [0.25, 0.3) is 0 Å². The summed E-state index contributed by atoms with van der Waals surface area (Å²) >= 11 is 0. The van der Waals surface area contributed by atoms with Crippen molar-refractivity contribution in [2.75, 3.05) is 13.1 Å². The summed E-state index contributed by atoms with van der Waals surface area (Å²) < 4.78 is 0. The maximum Gasteiger partial charge on any atom is 0.314 e. The fourth-order valence-electron chi connectivity index (χ4n) is 2.06. The summed E-state index contributed by atoms with van der Waals surface area (Å²) in [7, 11) is 0. The lowest BCUT2D eigenvalue weighted by atomic mass is 9.97. The SMILES string of the molecule is CCC(CCNC(=O)NCCc1cnc[nH]1)CCC(=O)O. The Kier molecular flexibility index (Phi) is 7.93. The summed E-state index contributed by atoms with van der Waals surface area (Å²) in [6, 6.07) is -0.192. The molecule has 0 aliphatic carbocycles. The van der Waals surface area contributed by atoms with Crippen molar-refractivity contribution in [2.45, 2.75) is 39.0 Å². The molecule has 0 saturated carbocycles. The minimum absolute atomic E-state index is 0.189. The number of carboxylic acids is 1. The fraction of sp³-hybridized carbons (Fsp3) is 0.643. The molecule has 118 valence electrons. The summed E-state index contributed by atoms with van der Waals surface area (Å²) in [5, 5.41) is 14.2. The first-order valence-corrected chi connectivity index (χ1v) is 7.32. The van der Waals surface area contributed by atoms with E-state index in [2.05, 4.69) is 20.6 Å². The van der Waals surface area contributed by atoms with Gasteiger partial charge in [0.25, 0.3) is 0 Å². The minimum Gasteiger partial charge on any atom is -0.481 e. The Morgan fingerprint density at radius 1 is 1.33 bits per heavy atom. The monoisotopic (exact) mass is 296 g/mol. The van der Waals surface area contributed by atoms with E-state index in [0.717, 1.165) is 18.5 Å². The smallest absolute Gasteiger partial charge is 0.314 e. The Morgan fingerprint density at radius 2 is 2.10 bits per heavy atom. The van der Waals surface area contributed by atoms with Crippen LogP contribution >= 0.6 is 0 Å². The van der Waals surface area contributed by atoms with E-state index in [0.29, 0.717) is 31.8 Å². The number of amides is 2. The molecule has 1 aromatic heterocycles. The zero-order chi connectivity index (χ0) is 15.5. The highest BCUT2D eigenvalue weighted by atomic mass is 16.4. The maximum atomic E-state index is 11.6. The lowest BCUT2D eigenvalue weighted by molar-refractivity contribution is -0.137. The first kappa shape index (κ1) is 17.0. The molecule has 4 N–H and O–H groups in total. The minimum atomic E-state index is -0.766. The lowest BCUT2D eigenvalue weighted by Crippen LogP contribution is -2.37. The highest BCUT2D eigenvalue weighted by molar-refractivity contribution is 5.73. The van der Waals surface area contributed by atoms with Crippen molar-refractivity contribution in [2.24, 2.45) is 5.92 Å². The Balaban J connectivity index is 2.07. The number of carboxylic acid groups (broad SMARTS) is 1. The topological polar surface area (TPSA) is 107 Å². The Labute approximate surface area is 124 Å². The van der Waals surface area contributed by atoms with Gasteiger partial charge < -0.3 is 20.7 Å². The van der Waals surface area contributed by atoms with Crippen molar-refractivity contribution < 1.29 is 14.7 Å². The van der Waals surface area contributed by atoms with E-state index in [1.807, 2.05) is 6.92 Å². The molecule has 2 amide bonds. The van der Waals surface area contributed by atoms with E-state index in [9.17, 15) is 9.59 Å². The molecule has 0 radical (unpaired) electrons. The number of aliphatic carboxylic acids is 1. The van der Waals surface area contributed by atoms with Gasteiger partial charge in [-0.15, -0.1) is 0 Å². The molecule has 1 unspecified atom stereocenters. The van der Waals surface area contributed by atoms with Crippen LogP contribution in [0.5, 0.6) is 0 Å². The predicted molar refractivity (Wildman–Crippen MR) is 79.0 cm³/mol. The molecule has 0 aliphatic heterocycles. The van der Waals surface area contributed by atoms with Crippen LogP contribution < -0.4 is 10.6 Å². The average molecular weight is 296 g/mol. The number of hydrogen-bond acceptors (Lipinski definition) is 3. The molecule has 0 saturated heterocycles. The molecule has 7 heteroatoms. The van der Waals surface area contributed by atoms with E-state index in [1.54, 1.807) is 12.5 Å². The molecule has 0 spiro atoms. The third kappa shape index (κ3) is 7.96. The number of aromatic nitrogens is 2. The number of aromatic amines is 1. The van der Waals surface area contributed by atoms with Crippen molar-refractivity contribution in [1.82, 2.24) is 20.6 Å². The molecule has 1 aromatic rings. The molecule has 0 bridgehead atoms. The van der Waals surface area contributed by atoms with Crippen molar-refractivity contribution >= 4 is 12.0 Å². The molecular formula is C14H24N4O3. The van der Waals surface area contributed by atoms with Gasteiger partial charge in [-0.25, -0.2) is 9.78 Å². The number of nitrogens with one attached hydrogen (secondary N) is 3. The van der Waals surface area contributed by atoms with E-state index < -0.39 is 5.97 Å².